The first-order chi connectivity index (χ1) is 8.16. The Hall–Kier alpha value is -2.11. The monoisotopic (exact) mass is 235 g/mol. The highest BCUT2D eigenvalue weighted by Gasteiger charge is 2.12. The molecule has 0 radical (unpaired) electrons. The SMILES string of the molecule is CC(C)C(=O)NCc1nc(-c2ccco2)no1. The summed E-state index contributed by atoms with van der Waals surface area (Å²) < 4.78 is 10.1. The van der Waals surface area contributed by atoms with Crippen LogP contribution in [0.15, 0.2) is 27.3 Å². The van der Waals surface area contributed by atoms with E-state index in [2.05, 4.69) is 15.5 Å². The largest absolute Gasteiger partial charge is 0.461 e. The number of carbonyl (C=O) groups excluding carboxylic acids is 1. The van der Waals surface area contributed by atoms with Crippen LogP contribution in [0.5, 0.6) is 0 Å². The topological polar surface area (TPSA) is 81.2 Å². The van der Waals surface area contributed by atoms with Gasteiger partial charge in [0.25, 0.3) is 0 Å². The lowest BCUT2D eigenvalue weighted by Gasteiger charge is -2.03. The van der Waals surface area contributed by atoms with Crippen LogP contribution >= 0.6 is 0 Å². The zero-order valence-electron chi connectivity index (χ0n) is 9.64. The first-order valence-electron chi connectivity index (χ1n) is 5.31. The number of hydrogen-bond acceptors (Lipinski definition) is 5. The Morgan fingerprint density at radius 2 is 2.35 bits per heavy atom. The predicted molar refractivity (Wildman–Crippen MR) is 58.7 cm³/mol. The number of aromatic nitrogens is 2. The van der Waals surface area contributed by atoms with Crippen molar-refractivity contribution in [3.05, 3.63) is 24.3 Å². The van der Waals surface area contributed by atoms with Crippen LogP contribution in [0, 0.1) is 5.92 Å². The van der Waals surface area contributed by atoms with E-state index in [0.29, 0.717) is 17.5 Å². The molecule has 17 heavy (non-hydrogen) atoms. The first kappa shape index (κ1) is 11.4. The summed E-state index contributed by atoms with van der Waals surface area (Å²) in [6.45, 7) is 3.86. The van der Waals surface area contributed by atoms with Gasteiger partial charge in [-0.2, -0.15) is 4.98 Å². The number of hydrogen-bond donors (Lipinski definition) is 1. The molecule has 0 aliphatic rings. The molecule has 2 aromatic heterocycles. The van der Waals surface area contributed by atoms with E-state index in [-0.39, 0.29) is 18.4 Å². The van der Waals surface area contributed by atoms with Crippen LogP contribution in [-0.2, 0) is 11.3 Å². The molecule has 1 N–H and O–H groups in total. The van der Waals surface area contributed by atoms with Crippen LogP contribution in [0.4, 0.5) is 0 Å². The van der Waals surface area contributed by atoms with Crippen molar-refractivity contribution in [2.45, 2.75) is 20.4 Å². The third-order valence-electron chi connectivity index (χ3n) is 2.15. The lowest BCUT2D eigenvalue weighted by atomic mass is 10.2. The lowest BCUT2D eigenvalue weighted by molar-refractivity contribution is -0.124. The second-order valence-electron chi connectivity index (χ2n) is 3.86. The minimum atomic E-state index is -0.0672. The van der Waals surface area contributed by atoms with Gasteiger partial charge in [-0.1, -0.05) is 19.0 Å². The number of rotatable bonds is 4. The molecule has 0 saturated heterocycles. The minimum Gasteiger partial charge on any atom is -0.461 e. The summed E-state index contributed by atoms with van der Waals surface area (Å²) in [5.41, 5.74) is 0. The van der Waals surface area contributed by atoms with Gasteiger partial charge in [0.2, 0.25) is 17.6 Å². The molecule has 0 unspecified atom stereocenters. The van der Waals surface area contributed by atoms with Crippen LogP contribution in [0.25, 0.3) is 11.6 Å². The van der Waals surface area contributed by atoms with E-state index in [0.717, 1.165) is 0 Å². The number of nitrogens with zero attached hydrogens (tertiary/aromatic N) is 2. The quantitative estimate of drug-likeness (QED) is 0.870. The van der Waals surface area contributed by atoms with Crippen molar-refractivity contribution in [1.82, 2.24) is 15.5 Å². The van der Waals surface area contributed by atoms with Crippen LogP contribution < -0.4 is 5.32 Å². The van der Waals surface area contributed by atoms with Gasteiger partial charge >= 0.3 is 0 Å². The molecule has 6 nitrogen and oxygen atoms in total. The highest BCUT2D eigenvalue weighted by Crippen LogP contribution is 2.15. The summed E-state index contributed by atoms with van der Waals surface area (Å²) in [7, 11) is 0. The summed E-state index contributed by atoms with van der Waals surface area (Å²) in [6.07, 6.45) is 1.53. The van der Waals surface area contributed by atoms with Gasteiger partial charge in [0, 0.05) is 5.92 Å². The highest BCUT2D eigenvalue weighted by molar-refractivity contribution is 5.77. The van der Waals surface area contributed by atoms with E-state index in [1.54, 1.807) is 12.1 Å². The van der Waals surface area contributed by atoms with Crippen LogP contribution in [0.2, 0.25) is 0 Å². The van der Waals surface area contributed by atoms with E-state index in [9.17, 15) is 4.79 Å². The molecule has 90 valence electrons. The van der Waals surface area contributed by atoms with E-state index in [1.165, 1.54) is 6.26 Å². The Bertz CT molecular complexity index is 488. The van der Waals surface area contributed by atoms with Gasteiger partial charge in [0.1, 0.15) is 0 Å². The van der Waals surface area contributed by atoms with Crippen molar-refractivity contribution in [3.8, 4) is 11.6 Å². The average molecular weight is 235 g/mol. The van der Waals surface area contributed by atoms with Crippen molar-refractivity contribution >= 4 is 5.91 Å². The molecule has 1 amide bonds. The van der Waals surface area contributed by atoms with Crippen LogP contribution in [0.1, 0.15) is 19.7 Å². The normalized spacial score (nSPS) is 10.8. The predicted octanol–water partition coefficient (Wildman–Crippen LogP) is 1.60. The zero-order valence-corrected chi connectivity index (χ0v) is 9.64. The van der Waals surface area contributed by atoms with Gasteiger partial charge in [-0.25, -0.2) is 0 Å². The fourth-order valence-corrected chi connectivity index (χ4v) is 1.20. The van der Waals surface area contributed by atoms with Crippen LogP contribution in [0.3, 0.4) is 0 Å². The first-order valence-corrected chi connectivity index (χ1v) is 5.31. The molecule has 0 saturated carbocycles. The third-order valence-corrected chi connectivity index (χ3v) is 2.15. The number of amides is 1. The molecule has 2 rings (SSSR count). The molecule has 0 aliphatic heterocycles. The Morgan fingerprint density at radius 3 is 3.00 bits per heavy atom. The standard InChI is InChI=1S/C11H13N3O3/c1-7(2)11(15)12-6-9-13-10(14-17-9)8-4-3-5-16-8/h3-5,7H,6H2,1-2H3,(H,12,15). The summed E-state index contributed by atoms with van der Waals surface area (Å²) in [5, 5.41) is 6.44. The Kier molecular flexibility index (Phi) is 3.22. The van der Waals surface area contributed by atoms with E-state index in [4.69, 9.17) is 8.94 Å². The van der Waals surface area contributed by atoms with Crippen molar-refractivity contribution in [1.29, 1.82) is 0 Å². The highest BCUT2D eigenvalue weighted by atomic mass is 16.5. The maximum atomic E-state index is 11.3. The van der Waals surface area contributed by atoms with Crippen molar-refractivity contribution in [2.75, 3.05) is 0 Å². The molecule has 0 atom stereocenters. The lowest BCUT2D eigenvalue weighted by Crippen LogP contribution is -2.27. The van der Waals surface area contributed by atoms with Crippen molar-refractivity contribution in [3.63, 3.8) is 0 Å². The van der Waals surface area contributed by atoms with Gasteiger partial charge in [0.15, 0.2) is 5.76 Å². The molecule has 2 heterocycles. The van der Waals surface area contributed by atoms with Gasteiger partial charge in [0.05, 0.1) is 12.8 Å². The second kappa shape index (κ2) is 4.82. The Balaban J connectivity index is 1.97. The molecule has 0 bridgehead atoms. The molecular weight excluding hydrogens is 222 g/mol. The summed E-state index contributed by atoms with van der Waals surface area (Å²) in [6, 6.07) is 3.48. The Morgan fingerprint density at radius 1 is 1.53 bits per heavy atom. The maximum Gasteiger partial charge on any atom is 0.246 e. The van der Waals surface area contributed by atoms with Gasteiger partial charge in [-0.3, -0.25) is 4.79 Å². The molecule has 0 fully saturated rings. The number of nitrogens with one attached hydrogen (secondary N) is 1. The fourth-order valence-electron chi connectivity index (χ4n) is 1.20. The average Bonchev–Trinajstić information content (AvgIpc) is 2.95. The summed E-state index contributed by atoms with van der Waals surface area (Å²) in [5.74, 6) is 1.15. The van der Waals surface area contributed by atoms with E-state index < -0.39 is 0 Å². The van der Waals surface area contributed by atoms with E-state index >= 15 is 0 Å². The van der Waals surface area contributed by atoms with Gasteiger partial charge in [-0.05, 0) is 12.1 Å². The minimum absolute atomic E-state index is 0.0530. The number of furan rings is 1. The fraction of sp³-hybridized carbons (Fsp3) is 0.364. The zero-order chi connectivity index (χ0) is 12.3. The molecule has 0 aliphatic carbocycles. The summed E-state index contributed by atoms with van der Waals surface area (Å²) >= 11 is 0. The van der Waals surface area contributed by atoms with Gasteiger partial charge in [-0.15, -0.1) is 0 Å². The molecule has 2 aromatic rings. The molecule has 6 heteroatoms. The molecular formula is C11H13N3O3. The number of carbonyl (C=O) groups is 1. The van der Waals surface area contributed by atoms with Crippen molar-refractivity contribution < 1.29 is 13.7 Å². The smallest absolute Gasteiger partial charge is 0.246 e. The summed E-state index contributed by atoms with van der Waals surface area (Å²) in [4.78, 5) is 15.4. The van der Waals surface area contributed by atoms with Crippen LogP contribution in [-0.4, -0.2) is 16.0 Å². The Labute approximate surface area is 98.0 Å². The third kappa shape index (κ3) is 2.72. The van der Waals surface area contributed by atoms with Gasteiger partial charge < -0.3 is 14.3 Å². The molecule has 0 spiro atoms. The molecule has 0 aromatic carbocycles. The van der Waals surface area contributed by atoms with Crippen molar-refractivity contribution in [2.24, 2.45) is 5.92 Å². The van der Waals surface area contributed by atoms with E-state index in [1.807, 2.05) is 13.8 Å². The maximum absolute atomic E-state index is 11.3. The second-order valence-corrected chi connectivity index (χ2v) is 3.86.